The summed E-state index contributed by atoms with van der Waals surface area (Å²) in [5, 5.41) is 12.6. The first-order valence-electron chi connectivity index (χ1n) is 9.48. The molecular formula is C22H23NO4. The van der Waals surface area contributed by atoms with Crippen LogP contribution in [0.3, 0.4) is 0 Å². The summed E-state index contributed by atoms with van der Waals surface area (Å²) in [5.41, 5.74) is 2.87. The summed E-state index contributed by atoms with van der Waals surface area (Å²) in [6, 6.07) is 14.9. The van der Waals surface area contributed by atoms with Crippen LogP contribution in [0.25, 0.3) is 0 Å². The lowest BCUT2D eigenvalue weighted by Crippen LogP contribution is -2.38. The van der Waals surface area contributed by atoms with E-state index in [1.165, 1.54) is 0 Å². The second-order valence-electron chi connectivity index (χ2n) is 7.36. The smallest absolute Gasteiger partial charge is 0.339 e. The Kier molecular flexibility index (Phi) is 4.94. The topological polar surface area (TPSA) is 75.6 Å². The highest BCUT2D eigenvalue weighted by Gasteiger charge is 2.28. The minimum absolute atomic E-state index is 0.0963. The maximum atomic E-state index is 12.6. The van der Waals surface area contributed by atoms with Gasteiger partial charge in [0.15, 0.2) is 0 Å². The first-order chi connectivity index (χ1) is 13.1. The van der Waals surface area contributed by atoms with Crippen LogP contribution in [-0.4, -0.2) is 29.1 Å². The quantitative estimate of drug-likeness (QED) is 0.819. The number of carbonyl (C=O) groups is 2. The van der Waals surface area contributed by atoms with Crippen molar-refractivity contribution in [2.45, 2.75) is 50.4 Å². The van der Waals surface area contributed by atoms with Crippen LogP contribution in [-0.2, 0) is 11.2 Å². The molecule has 0 saturated heterocycles. The van der Waals surface area contributed by atoms with Crippen LogP contribution >= 0.6 is 0 Å². The lowest BCUT2D eigenvalue weighted by molar-refractivity contribution is 0.0252. The summed E-state index contributed by atoms with van der Waals surface area (Å²) in [4.78, 5) is 25.0. The molecule has 0 radical (unpaired) electrons. The number of hydrogen-bond acceptors (Lipinski definition) is 4. The Labute approximate surface area is 158 Å². The Morgan fingerprint density at radius 1 is 1.04 bits per heavy atom. The summed E-state index contributed by atoms with van der Waals surface area (Å²) in [5.74, 6) is -0.479. The number of hydrogen-bond donors (Lipinski definition) is 2. The highest BCUT2D eigenvalue weighted by Crippen LogP contribution is 2.31. The van der Waals surface area contributed by atoms with E-state index in [1.54, 1.807) is 18.2 Å². The summed E-state index contributed by atoms with van der Waals surface area (Å²) in [6.45, 7) is 0. The second kappa shape index (κ2) is 7.53. The van der Waals surface area contributed by atoms with Gasteiger partial charge in [0, 0.05) is 18.0 Å². The van der Waals surface area contributed by atoms with E-state index in [4.69, 9.17) is 4.74 Å². The van der Waals surface area contributed by atoms with Crippen molar-refractivity contribution in [1.29, 1.82) is 0 Å². The van der Waals surface area contributed by atoms with E-state index in [0.29, 0.717) is 17.5 Å². The fourth-order valence-electron chi connectivity index (χ4n) is 3.88. The molecule has 27 heavy (non-hydrogen) atoms. The van der Waals surface area contributed by atoms with Crippen LogP contribution in [0.5, 0.6) is 0 Å². The fourth-order valence-corrected chi connectivity index (χ4v) is 3.88. The second-order valence-corrected chi connectivity index (χ2v) is 7.36. The molecule has 0 spiro atoms. The number of carbonyl (C=O) groups excluding carboxylic acids is 2. The zero-order chi connectivity index (χ0) is 18.8. The Balaban J connectivity index is 1.51. The predicted molar refractivity (Wildman–Crippen MR) is 100 cm³/mol. The van der Waals surface area contributed by atoms with E-state index >= 15 is 0 Å². The molecule has 1 aliphatic heterocycles. The Bertz CT molecular complexity index is 841. The zero-order valence-corrected chi connectivity index (χ0v) is 15.1. The van der Waals surface area contributed by atoms with Crippen LogP contribution in [0, 0.1) is 0 Å². The largest absolute Gasteiger partial charge is 0.454 e. The van der Waals surface area contributed by atoms with Crippen LogP contribution in [0.4, 0.5) is 0 Å². The van der Waals surface area contributed by atoms with Gasteiger partial charge >= 0.3 is 5.97 Å². The third-order valence-corrected chi connectivity index (χ3v) is 5.45. The van der Waals surface area contributed by atoms with E-state index in [0.717, 1.165) is 36.8 Å². The molecule has 1 fully saturated rings. The third-order valence-electron chi connectivity index (χ3n) is 5.45. The van der Waals surface area contributed by atoms with E-state index in [2.05, 4.69) is 5.32 Å². The number of amides is 1. The molecule has 2 N–H and O–H groups in total. The van der Waals surface area contributed by atoms with Crippen LogP contribution in [0.2, 0.25) is 0 Å². The van der Waals surface area contributed by atoms with Crippen molar-refractivity contribution < 1.29 is 19.4 Å². The van der Waals surface area contributed by atoms with Crippen molar-refractivity contribution in [2.24, 2.45) is 0 Å². The van der Waals surface area contributed by atoms with Gasteiger partial charge in [-0.25, -0.2) is 4.79 Å². The standard InChI is InChI=1S/C22H23NO4/c24-18-9-7-17(8-10-18)23-21(25)15-6-11-19-16(12-15)13-20(27-22(19)26)14-4-2-1-3-5-14/h1-6,11-12,17-18,20,24H,7-10,13H2,(H,23,25)/t17?,18?,20-/m0/s1. The summed E-state index contributed by atoms with van der Waals surface area (Å²) >= 11 is 0. The van der Waals surface area contributed by atoms with Gasteiger partial charge in [-0.05, 0) is 55.0 Å². The summed E-state index contributed by atoms with van der Waals surface area (Å²) < 4.78 is 5.57. The van der Waals surface area contributed by atoms with Crippen molar-refractivity contribution in [3.63, 3.8) is 0 Å². The predicted octanol–water partition coefficient (Wildman–Crippen LogP) is 3.17. The minimum Gasteiger partial charge on any atom is -0.454 e. The van der Waals surface area contributed by atoms with Gasteiger partial charge in [-0.3, -0.25) is 4.79 Å². The van der Waals surface area contributed by atoms with Gasteiger partial charge in [0.25, 0.3) is 5.91 Å². The van der Waals surface area contributed by atoms with Crippen molar-refractivity contribution >= 4 is 11.9 Å². The van der Waals surface area contributed by atoms with Crippen molar-refractivity contribution in [1.82, 2.24) is 5.32 Å². The molecule has 2 aromatic rings. The molecule has 2 aliphatic rings. The first kappa shape index (κ1) is 17.7. The molecule has 5 heteroatoms. The van der Waals surface area contributed by atoms with E-state index in [-0.39, 0.29) is 30.1 Å². The van der Waals surface area contributed by atoms with E-state index in [9.17, 15) is 14.7 Å². The summed E-state index contributed by atoms with van der Waals surface area (Å²) in [7, 11) is 0. The Morgan fingerprint density at radius 2 is 1.78 bits per heavy atom. The van der Waals surface area contributed by atoms with E-state index in [1.807, 2.05) is 30.3 Å². The Hall–Kier alpha value is -2.66. The van der Waals surface area contributed by atoms with Gasteiger partial charge < -0.3 is 15.2 Å². The van der Waals surface area contributed by atoms with Crippen molar-refractivity contribution in [3.8, 4) is 0 Å². The van der Waals surface area contributed by atoms with Crippen molar-refractivity contribution in [2.75, 3.05) is 0 Å². The molecule has 5 nitrogen and oxygen atoms in total. The number of ether oxygens (including phenoxy) is 1. The zero-order valence-electron chi connectivity index (χ0n) is 15.1. The van der Waals surface area contributed by atoms with Crippen LogP contribution < -0.4 is 5.32 Å². The molecule has 140 valence electrons. The number of benzene rings is 2. The molecule has 1 atom stereocenters. The van der Waals surface area contributed by atoms with Crippen LogP contribution in [0.15, 0.2) is 48.5 Å². The monoisotopic (exact) mass is 365 g/mol. The SMILES string of the molecule is O=C(NC1CCC(O)CC1)c1ccc2c(c1)C[C@@H](c1ccccc1)OC2=O. The molecule has 0 bridgehead atoms. The maximum Gasteiger partial charge on any atom is 0.339 e. The lowest BCUT2D eigenvalue weighted by atomic mass is 9.91. The highest BCUT2D eigenvalue weighted by molar-refractivity contribution is 5.98. The molecule has 2 aromatic carbocycles. The van der Waals surface area contributed by atoms with Gasteiger partial charge in [-0.1, -0.05) is 30.3 Å². The van der Waals surface area contributed by atoms with Gasteiger partial charge in [0.05, 0.1) is 11.7 Å². The number of rotatable bonds is 3. The van der Waals surface area contributed by atoms with E-state index < -0.39 is 0 Å². The highest BCUT2D eigenvalue weighted by atomic mass is 16.5. The molecule has 1 aliphatic carbocycles. The average molecular weight is 365 g/mol. The fraction of sp³-hybridized carbons (Fsp3) is 0.364. The normalized spacial score (nSPS) is 24.6. The minimum atomic E-state index is -0.349. The maximum absolute atomic E-state index is 12.6. The molecule has 1 heterocycles. The van der Waals surface area contributed by atoms with Gasteiger partial charge in [0.2, 0.25) is 0 Å². The lowest BCUT2D eigenvalue weighted by Gasteiger charge is -2.27. The first-order valence-corrected chi connectivity index (χ1v) is 9.48. The molecule has 0 unspecified atom stereocenters. The molecule has 4 rings (SSSR count). The number of aliphatic hydroxyl groups is 1. The third kappa shape index (κ3) is 3.88. The van der Waals surface area contributed by atoms with Crippen LogP contribution in [0.1, 0.15) is 63.6 Å². The number of cyclic esters (lactones) is 1. The number of fused-ring (bicyclic) bond motifs is 1. The van der Waals surface area contributed by atoms with Crippen molar-refractivity contribution in [3.05, 3.63) is 70.8 Å². The Morgan fingerprint density at radius 3 is 2.52 bits per heavy atom. The number of esters is 1. The van der Waals surface area contributed by atoms with Gasteiger partial charge in [0.1, 0.15) is 6.10 Å². The average Bonchev–Trinajstić information content (AvgIpc) is 2.70. The number of nitrogens with one attached hydrogen (secondary N) is 1. The molecule has 1 saturated carbocycles. The van der Waals surface area contributed by atoms with Gasteiger partial charge in [-0.15, -0.1) is 0 Å². The number of aliphatic hydroxyl groups excluding tert-OH is 1. The summed E-state index contributed by atoms with van der Waals surface area (Å²) in [6.07, 6.45) is 3.01. The van der Waals surface area contributed by atoms with Gasteiger partial charge in [-0.2, -0.15) is 0 Å². The molecule has 0 aromatic heterocycles. The molecular weight excluding hydrogens is 342 g/mol. The molecule has 1 amide bonds.